The molecule has 122 valence electrons. The lowest BCUT2D eigenvalue weighted by Gasteiger charge is -2.08. The fraction of sp³-hybridized carbons (Fsp3) is 0.105. The highest BCUT2D eigenvalue weighted by Gasteiger charge is 2.15. The second-order valence-electron chi connectivity index (χ2n) is 5.30. The van der Waals surface area contributed by atoms with E-state index < -0.39 is 5.95 Å². The van der Waals surface area contributed by atoms with Gasteiger partial charge in [-0.2, -0.15) is 0 Å². The van der Waals surface area contributed by atoms with Crippen molar-refractivity contribution in [3.05, 3.63) is 92.8 Å². The summed E-state index contributed by atoms with van der Waals surface area (Å²) in [5.41, 5.74) is 1.81. The van der Waals surface area contributed by atoms with Gasteiger partial charge in [0, 0.05) is 17.0 Å². The van der Waals surface area contributed by atoms with Crippen molar-refractivity contribution in [3.63, 3.8) is 0 Å². The Hall–Kier alpha value is -2.72. The molecule has 4 nitrogen and oxygen atoms in total. The third-order valence-corrected chi connectivity index (χ3v) is 3.79. The van der Waals surface area contributed by atoms with Gasteiger partial charge in [-0.15, -0.1) is 0 Å². The number of halogens is 1. The SMILES string of the molecule is O=c1c(Cc2ccc(Cl)cc2)coc(O)c1OCc1ccccc1. The first-order valence-electron chi connectivity index (χ1n) is 7.38. The molecule has 0 saturated carbocycles. The Morgan fingerprint density at radius 3 is 2.42 bits per heavy atom. The van der Waals surface area contributed by atoms with E-state index in [2.05, 4.69) is 0 Å². The van der Waals surface area contributed by atoms with Gasteiger partial charge in [-0.25, -0.2) is 0 Å². The van der Waals surface area contributed by atoms with Crippen molar-refractivity contribution in [2.75, 3.05) is 0 Å². The predicted octanol–water partition coefficient (Wildman–Crippen LogP) is 4.17. The molecule has 0 spiro atoms. The number of rotatable bonds is 5. The zero-order valence-corrected chi connectivity index (χ0v) is 13.5. The van der Waals surface area contributed by atoms with Crippen LogP contribution in [0.4, 0.5) is 0 Å². The molecule has 0 unspecified atom stereocenters. The first-order valence-corrected chi connectivity index (χ1v) is 7.76. The lowest BCUT2D eigenvalue weighted by Crippen LogP contribution is -2.13. The summed E-state index contributed by atoms with van der Waals surface area (Å²) in [7, 11) is 0. The minimum Gasteiger partial charge on any atom is -0.479 e. The third-order valence-electron chi connectivity index (χ3n) is 3.54. The number of hydrogen-bond donors (Lipinski definition) is 1. The zero-order chi connectivity index (χ0) is 16.9. The molecule has 1 heterocycles. The van der Waals surface area contributed by atoms with Crippen LogP contribution in [0, 0.1) is 0 Å². The summed E-state index contributed by atoms with van der Waals surface area (Å²) < 4.78 is 10.5. The summed E-state index contributed by atoms with van der Waals surface area (Å²) in [5, 5.41) is 10.4. The molecule has 5 heteroatoms. The van der Waals surface area contributed by atoms with E-state index in [-0.39, 0.29) is 17.8 Å². The molecular formula is C19H15ClO4. The maximum absolute atomic E-state index is 12.5. The summed E-state index contributed by atoms with van der Waals surface area (Å²) >= 11 is 5.86. The Morgan fingerprint density at radius 2 is 1.71 bits per heavy atom. The van der Waals surface area contributed by atoms with Crippen LogP contribution in [0.5, 0.6) is 11.7 Å². The molecule has 0 bridgehead atoms. The molecular weight excluding hydrogens is 328 g/mol. The van der Waals surface area contributed by atoms with Gasteiger partial charge in [0.05, 0.1) is 0 Å². The molecule has 0 aliphatic rings. The van der Waals surface area contributed by atoms with E-state index in [0.717, 1.165) is 11.1 Å². The van der Waals surface area contributed by atoms with Gasteiger partial charge in [-0.3, -0.25) is 4.79 Å². The van der Waals surface area contributed by atoms with Crippen LogP contribution >= 0.6 is 11.6 Å². The molecule has 0 fully saturated rings. The second kappa shape index (κ2) is 7.23. The summed E-state index contributed by atoms with van der Waals surface area (Å²) in [6.07, 6.45) is 1.61. The molecule has 1 N–H and O–H groups in total. The van der Waals surface area contributed by atoms with Gasteiger partial charge in [0.1, 0.15) is 12.9 Å². The van der Waals surface area contributed by atoms with Gasteiger partial charge >= 0.3 is 5.95 Å². The maximum atomic E-state index is 12.5. The molecule has 0 aliphatic carbocycles. The van der Waals surface area contributed by atoms with Crippen LogP contribution in [0.1, 0.15) is 16.7 Å². The molecule has 1 aromatic heterocycles. The quantitative estimate of drug-likeness (QED) is 0.756. The number of hydrogen-bond acceptors (Lipinski definition) is 4. The second-order valence-corrected chi connectivity index (χ2v) is 5.74. The monoisotopic (exact) mass is 342 g/mol. The Bertz CT molecular complexity index is 870. The van der Waals surface area contributed by atoms with Crippen molar-refractivity contribution in [2.24, 2.45) is 0 Å². The molecule has 3 aromatic rings. The lowest BCUT2D eigenvalue weighted by atomic mass is 10.1. The van der Waals surface area contributed by atoms with Crippen molar-refractivity contribution >= 4 is 11.6 Å². The van der Waals surface area contributed by atoms with Gasteiger partial charge in [0.2, 0.25) is 11.2 Å². The van der Waals surface area contributed by atoms with Gasteiger partial charge < -0.3 is 14.3 Å². The lowest BCUT2D eigenvalue weighted by molar-refractivity contribution is 0.242. The molecule has 0 aliphatic heterocycles. The fourth-order valence-corrected chi connectivity index (χ4v) is 2.40. The van der Waals surface area contributed by atoms with Crippen LogP contribution < -0.4 is 10.2 Å². The van der Waals surface area contributed by atoms with E-state index in [4.69, 9.17) is 20.8 Å². The van der Waals surface area contributed by atoms with Crippen LogP contribution in [0.3, 0.4) is 0 Å². The maximum Gasteiger partial charge on any atom is 0.330 e. The number of aromatic hydroxyl groups is 1. The van der Waals surface area contributed by atoms with E-state index in [9.17, 15) is 9.90 Å². The van der Waals surface area contributed by atoms with Crippen LogP contribution in [-0.2, 0) is 13.0 Å². The molecule has 3 rings (SSSR count). The van der Waals surface area contributed by atoms with Crippen molar-refractivity contribution in [2.45, 2.75) is 13.0 Å². The highest BCUT2D eigenvalue weighted by molar-refractivity contribution is 6.30. The molecule has 24 heavy (non-hydrogen) atoms. The van der Waals surface area contributed by atoms with E-state index in [0.29, 0.717) is 17.0 Å². The Balaban J connectivity index is 1.82. The molecule has 0 radical (unpaired) electrons. The van der Waals surface area contributed by atoms with Gasteiger partial charge in [-0.1, -0.05) is 54.1 Å². The summed E-state index contributed by atoms with van der Waals surface area (Å²) in [6.45, 7) is 0.170. The van der Waals surface area contributed by atoms with Gasteiger partial charge in [0.15, 0.2) is 0 Å². The standard InChI is InChI=1S/C19H15ClO4/c20-16-8-6-13(7-9-16)10-15-12-24-19(22)18(17(15)21)23-11-14-4-2-1-3-5-14/h1-9,12,22H,10-11H2. The Morgan fingerprint density at radius 1 is 1.00 bits per heavy atom. The van der Waals surface area contributed by atoms with Crippen molar-refractivity contribution in [1.29, 1.82) is 0 Å². The molecule has 0 amide bonds. The van der Waals surface area contributed by atoms with Crippen molar-refractivity contribution in [1.82, 2.24) is 0 Å². The summed E-state index contributed by atoms with van der Waals surface area (Å²) in [4.78, 5) is 12.5. The van der Waals surface area contributed by atoms with Crippen molar-refractivity contribution in [3.8, 4) is 11.7 Å². The largest absolute Gasteiger partial charge is 0.479 e. The van der Waals surface area contributed by atoms with Crippen LogP contribution in [-0.4, -0.2) is 5.11 Å². The first-order chi connectivity index (χ1) is 11.6. The fourth-order valence-electron chi connectivity index (χ4n) is 2.28. The average molecular weight is 343 g/mol. The number of benzene rings is 2. The molecule has 0 atom stereocenters. The average Bonchev–Trinajstić information content (AvgIpc) is 2.60. The Kier molecular flexibility index (Phi) is 4.87. The molecule has 2 aromatic carbocycles. The zero-order valence-electron chi connectivity index (χ0n) is 12.7. The summed E-state index contributed by atoms with van der Waals surface area (Å²) in [6, 6.07) is 16.6. The highest BCUT2D eigenvalue weighted by atomic mass is 35.5. The topological polar surface area (TPSA) is 59.7 Å². The van der Waals surface area contributed by atoms with Crippen molar-refractivity contribution < 1.29 is 14.3 Å². The summed E-state index contributed by atoms with van der Waals surface area (Å²) in [5.74, 6) is -0.693. The van der Waals surface area contributed by atoms with E-state index >= 15 is 0 Å². The first kappa shape index (κ1) is 16.1. The van der Waals surface area contributed by atoms with Crippen LogP contribution in [0.2, 0.25) is 5.02 Å². The van der Waals surface area contributed by atoms with Gasteiger partial charge in [-0.05, 0) is 23.3 Å². The number of ether oxygens (including phenoxy) is 1. The molecule has 0 saturated heterocycles. The predicted molar refractivity (Wildman–Crippen MR) is 91.7 cm³/mol. The third kappa shape index (κ3) is 3.78. The van der Waals surface area contributed by atoms with E-state index in [1.165, 1.54) is 6.26 Å². The van der Waals surface area contributed by atoms with Crippen LogP contribution in [0.25, 0.3) is 0 Å². The van der Waals surface area contributed by atoms with E-state index in [1.54, 1.807) is 12.1 Å². The smallest absolute Gasteiger partial charge is 0.330 e. The van der Waals surface area contributed by atoms with Gasteiger partial charge in [0.25, 0.3) is 0 Å². The highest BCUT2D eigenvalue weighted by Crippen LogP contribution is 2.24. The minimum absolute atomic E-state index is 0.170. The van der Waals surface area contributed by atoms with Crippen LogP contribution in [0.15, 0.2) is 70.1 Å². The van der Waals surface area contributed by atoms with E-state index in [1.807, 2.05) is 42.5 Å². The Labute approximate surface area is 143 Å². The normalized spacial score (nSPS) is 10.5. The minimum atomic E-state index is -0.518.